The predicted octanol–water partition coefficient (Wildman–Crippen LogP) is 3.33. The summed E-state index contributed by atoms with van der Waals surface area (Å²) >= 11 is 0. The van der Waals surface area contributed by atoms with Crippen LogP contribution in [-0.2, 0) is 5.41 Å². The summed E-state index contributed by atoms with van der Waals surface area (Å²) in [6, 6.07) is 13.6. The molecule has 0 saturated carbocycles. The summed E-state index contributed by atoms with van der Waals surface area (Å²) in [6.45, 7) is 4.90. The molecule has 1 aromatic carbocycles. The lowest BCUT2D eigenvalue weighted by atomic mass is 9.84. The third-order valence-corrected chi connectivity index (χ3v) is 3.27. The molecule has 0 bridgehead atoms. The number of nitrogens with zero attached hydrogens (tertiary/aromatic N) is 1. The summed E-state index contributed by atoms with van der Waals surface area (Å²) in [6.07, 6.45) is 1.52. The van der Waals surface area contributed by atoms with Crippen molar-refractivity contribution in [3.05, 3.63) is 60.1 Å². The van der Waals surface area contributed by atoms with Crippen molar-refractivity contribution in [1.82, 2.24) is 4.90 Å². The Hall–Kier alpha value is -2.03. The molecule has 0 aliphatic heterocycles. The van der Waals surface area contributed by atoms with Crippen LogP contribution in [0, 0.1) is 0 Å². The number of carbonyl (C=O) groups is 1. The minimum atomic E-state index is -0.0989. The summed E-state index contributed by atoms with van der Waals surface area (Å²) in [5.41, 5.74) is 1.12. The topological polar surface area (TPSA) is 33.5 Å². The molecule has 0 unspecified atom stereocenters. The molecule has 3 heteroatoms. The Balaban J connectivity index is 2.10. The SMILES string of the molecule is CN(CC(C)(C)c1ccccc1)C(=O)c1ccco1. The summed E-state index contributed by atoms with van der Waals surface area (Å²) < 4.78 is 5.15. The number of furan rings is 1. The Kier molecular flexibility index (Phi) is 3.74. The molecule has 100 valence electrons. The van der Waals surface area contributed by atoms with Gasteiger partial charge in [0.05, 0.1) is 6.26 Å². The molecule has 0 saturated heterocycles. The first-order valence-corrected chi connectivity index (χ1v) is 6.35. The van der Waals surface area contributed by atoms with Crippen LogP contribution < -0.4 is 0 Å². The first-order chi connectivity index (χ1) is 9.00. The minimum absolute atomic E-state index is 0.0889. The number of rotatable bonds is 4. The highest BCUT2D eigenvalue weighted by molar-refractivity contribution is 5.91. The molecule has 0 radical (unpaired) electrons. The first kappa shape index (κ1) is 13.4. The van der Waals surface area contributed by atoms with Crippen molar-refractivity contribution < 1.29 is 9.21 Å². The highest BCUT2D eigenvalue weighted by Crippen LogP contribution is 2.24. The van der Waals surface area contributed by atoms with Gasteiger partial charge < -0.3 is 9.32 Å². The van der Waals surface area contributed by atoms with E-state index in [1.54, 1.807) is 24.1 Å². The number of likely N-dealkylation sites (N-methyl/N-ethyl adjacent to an activating group) is 1. The van der Waals surface area contributed by atoms with Crippen LogP contribution in [0.2, 0.25) is 0 Å². The van der Waals surface area contributed by atoms with Gasteiger partial charge in [-0.15, -0.1) is 0 Å². The molecular weight excluding hydrogens is 238 g/mol. The zero-order valence-electron chi connectivity index (χ0n) is 11.6. The third kappa shape index (κ3) is 3.05. The van der Waals surface area contributed by atoms with E-state index in [1.807, 2.05) is 18.2 Å². The Morgan fingerprint density at radius 1 is 1.16 bits per heavy atom. The van der Waals surface area contributed by atoms with Gasteiger partial charge in [-0.1, -0.05) is 44.2 Å². The van der Waals surface area contributed by atoms with Crippen LogP contribution in [0.1, 0.15) is 30.0 Å². The van der Waals surface area contributed by atoms with Gasteiger partial charge in [0.25, 0.3) is 5.91 Å². The van der Waals surface area contributed by atoms with E-state index in [1.165, 1.54) is 11.8 Å². The molecule has 3 nitrogen and oxygen atoms in total. The Morgan fingerprint density at radius 2 is 1.84 bits per heavy atom. The van der Waals surface area contributed by atoms with Gasteiger partial charge in [0, 0.05) is 19.0 Å². The summed E-state index contributed by atoms with van der Waals surface area (Å²) in [5, 5.41) is 0. The van der Waals surface area contributed by atoms with E-state index in [2.05, 4.69) is 26.0 Å². The van der Waals surface area contributed by atoms with Crippen LogP contribution in [0.3, 0.4) is 0 Å². The molecule has 1 heterocycles. The fraction of sp³-hybridized carbons (Fsp3) is 0.312. The van der Waals surface area contributed by atoms with Crippen molar-refractivity contribution >= 4 is 5.91 Å². The zero-order chi connectivity index (χ0) is 13.9. The van der Waals surface area contributed by atoms with E-state index in [9.17, 15) is 4.79 Å². The van der Waals surface area contributed by atoms with Gasteiger partial charge in [-0.05, 0) is 17.7 Å². The lowest BCUT2D eigenvalue weighted by molar-refractivity contribution is 0.0736. The van der Waals surface area contributed by atoms with Gasteiger partial charge in [-0.2, -0.15) is 0 Å². The largest absolute Gasteiger partial charge is 0.459 e. The fourth-order valence-corrected chi connectivity index (χ4v) is 2.23. The van der Waals surface area contributed by atoms with Gasteiger partial charge in [0.1, 0.15) is 0 Å². The molecule has 0 aliphatic rings. The lowest BCUT2D eigenvalue weighted by Crippen LogP contribution is -2.38. The second kappa shape index (κ2) is 5.31. The van der Waals surface area contributed by atoms with E-state index in [0.717, 1.165) is 0 Å². The summed E-state index contributed by atoms with van der Waals surface area (Å²) in [7, 11) is 1.80. The average Bonchev–Trinajstić information content (AvgIpc) is 2.92. The van der Waals surface area contributed by atoms with Gasteiger partial charge in [0.15, 0.2) is 5.76 Å². The van der Waals surface area contributed by atoms with Crippen molar-refractivity contribution in [3.8, 4) is 0 Å². The van der Waals surface area contributed by atoms with Gasteiger partial charge in [-0.3, -0.25) is 4.79 Å². The lowest BCUT2D eigenvalue weighted by Gasteiger charge is -2.30. The summed E-state index contributed by atoms with van der Waals surface area (Å²) in [5.74, 6) is 0.292. The quantitative estimate of drug-likeness (QED) is 0.841. The average molecular weight is 257 g/mol. The van der Waals surface area contributed by atoms with Crippen molar-refractivity contribution in [3.63, 3.8) is 0 Å². The normalized spacial score (nSPS) is 11.3. The molecular formula is C16H19NO2. The standard InChI is InChI=1S/C16H19NO2/c1-16(2,13-8-5-4-6-9-13)12-17(3)15(18)14-10-7-11-19-14/h4-11H,12H2,1-3H3. The van der Waals surface area contributed by atoms with E-state index in [0.29, 0.717) is 12.3 Å². The number of hydrogen-bond acceptors (Lipinski definition) is 2. The number of amides is 1. The molecule has 2 aromatic rings. The Bertz CT molecular complexity index is 529. The maximum atomic E-state index is 12.1. The molecule has 1 amide bonds. The van der Waals surface area contributed by atoms with Gasteiger partial charge in [0.2, 0.25) is 0 Å². The fourth-order valence-electron chi connectivity index (χ4n) is 2.23. The van der Waals surface area contributed by atoms with Crippen LogP contribution in [0.5, 0.6) is 0 Å². The van der Waals surface area contributed by atoms with E-state index >= 15 is 0 Å². The minimum Gasteiger partial charge on any atom is -0.459 e. The molecule has 2 rings (SSSR count). The van der Waals surface area contributed by atoms with Gasteiger partial charge in [-0.25, -0.2) is 0 Å². The first-order valence-electron chi connectivity index (χ1n) is 6.35. The van der Waals surface area contributed by atoms with Crippen LogP contribution >= 0.6 is 0 Å². The second-order valence-electron chi connectivity index (χ2n) is 5.39. The van der Waals surface area contributed by atoms with E-state index in [-0.39, 0.29) is 11.3 Å². The van der Waals surface area contributed by atoms with Crippen molar-refractivity contribution in [2.45, 2.75) is 19.3 Å². The highest BCUT2D eigenvalue weighted by atomic mass is 16.3. The Labute approximate surface area is 113 Å². The monoisotopic (exact) mass is 257 g/mol. The van der Waals surface area contributed by atoms with E-state index < -0.39 is 0 Å². The molecule has 0 spiro atoms. The molecule has 19 heavy (non-hydrogen) atoms. The van der Waals surface area contributed by atoms with Crippen LogP contribution in [0.15, 0.2) is 53.1 Å². The number of benzene rings is 1. The third-order valence-electron chi connectivity index (χ3n) is 3.27. The molecule has 0 aliphatic carbocycles. The zero-order valence-corrected chi connectivity index (χ0v) is 11.6. The van der Waals surface area contributed by atoms with Crippen molar-refractivity contribution in [1.29, 1.82) is 0 Å². The highest BCUT2D eigenvalue weighted by Gasteiger charge is 2.25. The number of carbonyl (C=O) groups excluding carboxylic acids is 1. The smallest absolute Gasteiger partial charge is 0.289 e. The molecule has 0 N–H and O–H groups in total. The summed E-state index contributed by atoms with van der Waals surface area (Å²) in [4.78, 5) is 13.8. The van der Waals surface area contributed by atoms with E-state index in [4.69, 9.17) is 4.42 Å². The maximum Gasteiger partial charge on any atom is 0.289 e. The predicted molar refractivity (Wildman–Crippen MR) is 75.1 cm³/mol. The molecule has 0 fully saturated rings. The Morgan fingerprint density at radius 3 is 2.42 bits per heavy atom. The van der Waals surface area contributed by atoms with Crippen molar-refractivity contribution in [2.24, 2.45) is 0 Å². The number of hydrogen-bond donors (Lipinski definition) is 0. The van der Waals surface area contributed by atoms with Crippen LogP contribution in [0.4, 0.5) is 0 Å². The molecule has 0 atom stereocenters. The van der Waals surface area contributed by atoms with Crippen molar-refractivity contribution in [2.75, 3.05) is 13.6 Å². The second-order valence-corrected chi connectivity index (χ2v) is 5.39. The van der Waals surface area contributed by atoms with Crippen LogP contribution in [-0.4, -0.2) is 24.4 Å². The maximum absolute atomic E-state index is 12.1. The van der Waals surface area contributed by atoms with Crippen LogP contribution in [0.25, 0.3) is 0 Å². The molecule has 1 aromatic heterocycles. The van der Waals surface area contributed by atoms with Gasteiger partial charge >= 0.3 is 0 Å².